The van der Waals surface area contributed by atoms with Crippen LogP contribution in [0.1, 0.15) is 131 Å². The Morgan fingerprint density at radius 2 is 0.548 bits per heavy atom. The number of esters is 12. The third-order valence-corrected chi connectivity index (χ3v) is 20.3. The fourth-order valence-corrected chi connectivity index (χ4v) is 15.2. The van der Waals surface area contributed by atoms with Crippen LogP contribution in [0.25, 0.3) is 0 Å². The number of unbranched alkanes of at least 4 members (excludes halogenated alkanes) is 2. The Kier molecular flexibility index (Phi) is 45.3. The molecule has 6 saturated heterocycles. The number of carbonyl (C=O) groups excluding carboxylic acids is 12. The molecule has 0 aromatic heterocycles. The minimum Gasteiger partial charge on any atom is -0.464 e. The normalized spacial score (nSPS) is 25.6. The van der Waals surface area contributed by atoms with E-state index in [4.69, 9.17) is 41.3 Å². The molecule has 2 saturated carbocycles. The van der Waals surface area contributed by atoms with Gasteiger partial charge < -0.3 is 56.8 Å². The minimum absolute atomic E-state index is 0.118. The van der Waals surface area contributed by atoms with E-state index in [-0.39, 0.29) is 38.6 Å². The van der Waals surface area contributed by atoms with Crippen molar-refractivity contribution in [2.75, 3.05) is 52.9 Å². The third-order valence-electron chi connectivity index (χ3n) is 15.0. The van der Waals surface area contributed by atoms with E-state index in [1.165, 1.54) is 12.2 Å². The van der Waals surface area contributed by atoms with E-state index in [1.54, 1.807) is 27.7 Å². The van der Waals surface area contributed by atoms with Crippen LogP contribution >= 0.6 is 0 Å². The zero-order valence-electron chi connectivity index (χ0n) is 66.8. The van der Waals surface area contributed by atoms with Crippen molar-refractivity contribution in [2.24, 2.45) is 0 Å². The molecule has 8 fully saturated rings. The second-order valence-electron chi connectivity index (χ2n) is 26.0. The van der Waals surface area contributed by atoms with Gasteiger partial charge in [0.1, 0.15) is 25.4 Å². The van der Waals surface area contributed by atoms with Crippen LogP contribution in [-0.4, -0.2) is 285 Å². The molecule has 6 aliphatic heterocycles. The van der Waals surface area contributed by atoms with Crippen molar-refractivity contribution in [3.05, 3.63) is 25.3 Å². The van der Waals surface area contributed by atoms with Crippen LogP contribution in [0.4, 0.5) is 26.3 Å². The maximum atomic E-state index is 12.3. The zero-order valence-corrected chi connectivity index (χ0v) is 71.7. The Morgan fingerprint density at radius 1 is 0.341 bits per heavy atom. The summed E-state index contributed by atoms with van der Waals surface area (Å²) >= 11 is 0. The number of halogens is 6. The number of hydrogen-bond acceptors (Lipinski definition) is 48. The summed E-state index contributed by atoms with van der Waals surface area (Å²) in [7, 11) is -27.2. The topological polar surface area (TPSA) is 631 Å². The van der Waals surface area contributed by atoms with Gasteiger partial charge in [-0.15, -0.1) is 12.8 Å². The number of alkyl halides is 6. The molecule has 48 nitrogen and oxygen atoms in total. The quantitative estimate of drug-likeness (QED) is 0.0235. The van der Waals surface area contributed by atoms with Crippen molar-refractivity contribution in [2.45, 2.75) is 241 Å². The largest absolute Gasteiger partial charge is 0.464 e. The smallest absolute Gasteiger partial charge is 0.422 e. The average molecular weight is 1950 g/mol. The number of carbonyl (C=O) groups is 12. The highest BCUT2D eigenvalue weighted by atomic mass is 32.3. The lowest BCUT2D eigenvalue weighted by Crippen LogP contribution is -2.42. The van der Waals surface area contributed by atoms with Crippen molar-refractivity contribution in [1.82, 2.24) is 0 Å². The Labute approximate surface area is 716 Å². The molecule has 0 amide bonds. The van der Waals surface area contributed by atoms with Crippen LogP contribution < -0.4 is 0 Å². The maximum absolute atomic E-state index is 12.3. The summed E-state index contributed by atoms with van der Waals surface area (Å²) in [5, 5.41) is 0. The lowest BCUT2D eigenvalue weighted by atomic mass is 9.97. The average Bonchev–Trinajstić information content (AvgIpc) is 1.70. The summed E-state index contributed by atoms with van der Waals surface area (Å²) in [5.41, 5.74) is 0. The molecule has 2 aliphatic carbocycles. The van der Waals surface area contributed by atoms with Gasteiger partial charge in [-0.3, -0.25) is 0 Å². The van der Waals surface area contributed by atoms with Crippen LogP contribution in [0.2, 0.25) is 0 Å². The van der Waals surface area contributed by atoms with Gasteiger partial charge in [0.05, 0.1) is 25.4 Å². The molecule has 8 aliphatic rings. The highest BCUT2D eigenvalue weighted by Gasteiger charge is 2.57. The summed E-state index contributed by atoms with van der Waals surface area (Å²) in [4.78, 5) is 140. The highest BCUT2D eigenvalue weighted by molar-refractivity contribution is 7.83. The van der Waals surface area contributed by atoms with Gasteiger partial charge in [0, 0.05) is 0 Å². The van der Waals surface area contributed by atoms with Gasteiger partial charge in [-0.2, -0.15) is 76.8 Å². The molecular formula is C66H86F6O48S6. The van der Waals surface area contributed by atoms with E-state index in [1.807, 2.05) is 25.7 Å². The third kappa shape index (κ3) is 40.1. The summed E-state index contributed by atoms with van der Waals surface area (Å²) in [6, 6.07) is 0. The number of terminal acetylenes is 2. The first-order valence-corrected chi connectivity index (χ1v) is 44.6. The Bertz CT molecular complexity index is 4340. The number of ether oxygens (including phenoxy) is 12. The van der Waals surface area contributed by atoms with E-state index in [2.05, 4.69) is 91.8 Å². The van der Waals surface area contributed by atoms with Gasteiger partial charge in [0.15, 0.2) is 26.4 Å². The molecule has 0 aromatic rings. The summed E-state index contributed by atoms with van der Waals surface area (Å²) in [5.74, 6) is -10.2. The van der Waals surface area contributed by atoms with E-state index in [0.29, 0.717) is 12.8 Å². The molecule has 8 rings (SSSR count). The molecule has 12 atom stereocenters. The standard InChI is InChI=1S/C16H24O8S.C12H20O8S.C10H16O8S.C10H12O8S.C10H8O8S.C8H6F6O8S/c17-15(21-11-7-3-1-4-8-11)13-14(24-25(19,20)23-13)16(18)22-12-9-5-2-6-10-12;1-3-5-7-17-11(13)9-10(20-21(15,16)19-9)12(14)18-8-6-4-2;1-5(2)15-9(11)7-8(10(12)16-6(3)4)18-19(13,14)17-7;2*1-3-5-15-9(11)7-8(10(12)16-6-4-2)18-19(13,14)17-7;9-7(10,11)1-19-5(15)3-4(22-23(17,18)21-3)6(16)20-2-8(12,13)14/h11-14H,1-10H2;9-10H,3-8H2,1-2H3;5-8H,1-4H3;3-4,7-8H,1-2,5-6H2;1-2,7-8H,5-6H2;3-4H,1-2H2. The van der Waals surface area contributed by atoms with Crippen LogP contribution in [0.15, 0.2) is 25.3 Å². The molecule has 0 N–H and O–H groups in total. The van der Waals surface area contributed by atoms with Crippen LogP contribution in [0.3, 0.4) is 0 Å². The fourth-order valence-electron chi connectivity index (χ4n) is 9.75. The molecule has 0 aromatic carbocycles. The summed E-state index contributed by atoms with van der Waals surface area (Å²) < 4.78 is 313. The second-order valence-corrected chi connectivity index (χ2v) is 33.2. The summed E-state index contributed by atoms with van der Waals surface area (Å²) in [6.07, 6.45) is -9.66. The van der Waals surface area contributed by atoms with Crippen LogP contribution in [0, 0.1) is 24.7 Å². The lowest BCUT2D eigenvalue weighted by molar-refractivity contribution is -0.198. The molecule has 126 heavy (non-hydrogen) atoms. The molecule has 0 bridgehead atoms. The minimum atomic E-state index is -5.01. The predicted molar refractivity (Wildman–Crippen MR) is 388 cm³/mol. The fraction of sp³-hybridized carbons (Fsp3) is 0.697. The molecule has 12 unspecified atom stereocenters. The predicted octanol–water partition coefficient (Wildman–Crippen LogP) is 0.455. The number of rotatable bonds is 30. The van der Waals surface area contributed by atoms with Crippen LogP contribution in [0.5, 0.6) is 0 Å². The van der Waals surface area contributed by atoms with Crippen molar-refractivity contribution in [3.63, 3.8) is 0 Å². The van der Waals surface area contributed by atoms with Gasteiger partial charge >= 0.3 is 146 Å². The number of hydrogen-bond donors (Lipinski definition) is 0. The highest BCUT2D eigenvalue weighted by Crippen LogP contribution is 2.32. The van der Waals surface area contributed by atoms with Gasteiger partial charge in [0.25, 0.3) is 0 Å². The first-order chi connectivity index (χ1) is 58.5. The molecule has 716 valence electrons. The van der Waals surface area contributed by atoms with Crippen molar-refractivity contribution in [1.29, 1.82) is 0 Å². The molecular weight excluding hydrogens is 1870 g/mol. The van der Waals surface area contributed by atoms with E-state index >= 15 is 0 Å². The summed E-state index contributed by atoms with van der Waals surface area (Å²) in [6.45, 7) is 11.5. The molecule has 60 heteroatoms. The first-order valence-electron chi connectivity index (χ1n) is 36.6. The van der Waals surface area contributed by atoms with Gasteiger partial charge in [-0.25, -0.2) is 108 Å². The van der Waals surface area contributed by atoms with Gasteiger partial charge in [0.2, 0.25) is 73.2 Å². The van der Waals surface area contributed by atoms with Gasteiger partial charge in [-0.1, -0.05) is 76.7 Å². The monoisotopic (exact) mass is 1950 g/mol. The van der Waals surface area contributed by atoms with Crippen LogP contribution in [-0.2, 0) is 227 Å². The SMILES string of the molecule is C#CCOC(=O)C1OS(=O)(=O)OC1C(=O)OCC#C.C=CCOC(=O)C1OS(=O)(=O)OC1C(=O)OCC=C.CC(C)OC(=O)C1OS(=O)(=O)OC1C(=O)OC(C)C.CCCCOC(=O)C1OS(=O)(=O)OC1C(=O)OCCCC.O=C(OC1CCCCC1)C1OS(=O)(=O)OC1C(=O)OC1CCCCC1.O=C(OCC(F)(F)F)C1OS(=O)(=O)OC1C(=O)OCC(F)(F)F. The Morgan fingerprint density at radius 3 is 0.754 bits per heavy atom. The van der Waals surface area contributed by atoms with Crippen molar-refractivity contribution >= 4 is 134 Å². The van der Waals surface area contributed by atoms with Gasteiger partial charge in [-0.05, 0) is 91.9 Å². The van der Waals surface area contributed by atoms with E-state index in [0.717, 1.165) is 77.0 Å². The first kappa shape index (κ1) is 111. The maximum Gasteiger partial charge on any atom is 0.422 e. The lowest BCUT2D eigenvalue weighted by Gasteiger charge is -2.25. The zero-order chi connectivity index (χ0) is 95.5. The molecule has 0 spiro atoms. The second kappa shape index (κ2) is 51.3. The van der Waals surface area contributed by atoms with Crippen molar-refractivity contribution in [3.8, 4) is 24.7 Å². The van der Waals surface area contributed by atoms with E-state index < -0.39 is 258 Å². The Hall–Kier alpha value is -8.96. The Balaban J connectivity index is 0.000000391. The molecule has 6 heterocycles. The van der Waals surface area contributed by atoms with Crippen molar-refractivity contribution < 1.29 is 241 Å². The molecule has 0 radical (unpaired) electrons. The van der Waals surface area contributed by atoms with E-state index in [9.17, 15) is 134 Å².